The van der Waals surface area contributed by atoms with Crippen molar-refractivity contribution in [2.24, 2.45) is 0 Å². The number of amides is 1. The SMILES string of the molecule is CCCS(=O)(=O)Nc1ccc(F)c(NC(=O)c2ccnc3c(N)ncnc23)c1F. The molecule has 0 aliphatic carbocycles. The van der Waals surface area contributed by atoms with Gasteiger partial charge >= 0.3 is 0 Å². The van der Waals surface area contributed by atoms with Crippen LogP contribution < -0.4 is 15.8 Å². The summed E-state index contributed by atoms with van der Waals surface area (Å²) in [5, 5.41) is 2.11. The first kappa shape index (κ1) is 20.3. The maximum Gasteiger partial charge on any atom is 0.258 e. The van der Waals surface area contributed by atoms with Gasteiger partial charge in [-0.3, -0.25) is 14.5 Å². The second-order valence-corrected chi connectivity index (χ2v) is 7.82. The molecule has 0 bridgehead atoms. The molecular weight excluding hydrogens is 406 g/mol. The number of carbonyl (C=O) groups excluding carboxylic acids is 1. The standard InChI is InChI=1S/C17H16F2N6O3S/c1-2-7-29(27,28)25-11-4-3-10(18)14(12(11)19)24-17(26)9-5-6-21-15-13(9)22-8-23-16(15)20/h3-6,8,25H,2,7H2,1H3,(H,24,26)(H2,20,22,23). The summed E-state index contributed by atoms with van der Waals surface area (Å²) < 4.78 is 54.7. The maximum absolute atomic E-state index is 14.7. The predicted octanol–water partition coefficient (Wildman–Crippen LogP) is 2.29. The molecule has 0 saturated heterocycles. The highest BCUT2D eigenvalue weighted by Crippen LogP contribution is 2.28. The Bertz CT molecular complexity index is 1200. The van der Waals surface area contributed by atoms with Crippen molar-refractivity contribution in [3.63, 3.8) is 0 Å². The predicted molar refractivity (Wildman–Crippen MR) is 104 cm³/mol. The molecule has 0 saturated carbocycles. The number of sulfonamides is 1. The third-order valence-corrected chi connectivity index (χ3v) is 5.34. The Hall–Kier alpha value is -3.41. The topological polar surface area (TPSA) is 140 Å². The normalized spacial score (nSPS) is 11.4. The first-order chi connectivity index (χ1) is 13.7. The van der Waals surface area contributed by atoms with Gasteiger partial charge in [0, 0.05) is 6.20 Å². The fourth-order valence-corrected chi connectivity index (χ4v) is 3.71. The van der Waals surface area contributed by atoms with E-state index in [1.807, 2.05) is 4.72 Å². The number of fused-ring (bicyclic) bond motifs is 1. The van der Waals surface area contributed by atoms with Crippen LogP contribution in [0.4, 0.5) is 26.0 Å². The van der Waals surface area contributed by atoms with Gasteiger partial charge in [0.05, 0.1) is 17.0 Å². The van der Waals surface area contributed by atoms with Crippen LogP contribution in [-0.4, -0.2) is 35.0 Å². The van der Waals surface area contributed by atoms with Crippen LogP contribution in [-0.2, 0) is 10.0 Å². The molecule has 0 radical (unpaired) electrons. The summed E-state index contributed by atoms with van der Waals surface area (Å²) in [6.07, 6.45) is 2.71. The van der Waals surface area contributed by atoms with E-state index in [0.29, 0.717) is 6.42 Å². The van der Waals surface area contributed by atoms with Crippen LogP contribution in [0.25, 0.3) is 11.0 Å². The summed E-state index contributed by atoms with van der Waals surface area (Å²) >= 11 is 0. The number of nitrogen functional groups attached to an aromatic ring is 1. The Balaban J connectivity index is 1.98. The van der Waals surface area contributed by atoms with Crippen molar-refractivity contribution in [3.8, 4) is 0 Å². The first-order valence-corrected chi connectivity index (χ1v) is 10.0. The molecule has 29 heavy (non-hydrogen) atoms. The number of halogens is 2. The lowest BCUT2D eigenvalue weighted by Crippen LogP contribution is -2.19. The van der Waals surface area contributed by atoms with Gasteiger partial charge in [-0.05, 0) is 24.6 Å². The zero-order valence-corrected chi connectivity index (χ0v) is 15.9. The molecule has 0 unspecified atom stereocenters. The molecule has 0 aliphatic heterocycles. The molecule has 0 fully saturated rings. The van der Waals surface area contributed by atoms with Gasteiger partial charge in [0.2, 0.25) is 10.0 Å². The van der Waals surface area contributed by atoms with E-state index < -0.39 is 38.9 Å². The van der Waals surface area contributed by atoms with Gasteiger partial charge in [-0.15, -0.1) is 0 Å². The van der Waals surface area contributed by atoms with Crippen molar-refractivity contribution < 1.29 is 22.0 Å². The number of rotatable bonds is 6. The number of nitrogens with two attached hydrogens (primary N) is 1. The highest BCUT2D eigenvalue weighted by Gasteiger charge is 2.21. The summed E-state index contributed by atoms with van der Waals surface area (Å²) in [4.78, 5) is 24.3. The molecule has 0 atom stereocenters. The van der Waals surface area contributed by atoms with Crippen molar-refractivity contribution in [1.29, 1.82) is 0 Å². The first-order valence-electron chi connectivity index (χ1n) is 8.38. The number of pyridine rings is 1. The van der Waals surface area contributed by atoms with Crippen LogP contribution in [0.5, 0.6) is 0 Å². The number of hydrogen-bond acceptors (Lipinski definition) is 7. The lowest BCUT2D eigenvalue weighted by molar-refractivity contribution is 0.102. The maximum atomic E-state index is 14.7. The van der Waals surface area contributed by atoms with Gasteiger partial charge < -0.3 is 11.1 Å². The number of carbonyl (C=O) groups is 1. The molecule has 0 spiro atoms. The van der Waals surface area contributed by atoms with Crippen molar-refractivity contribution in [2.75, 3.05) is 21.5 Å². The minimum atomic E-state index is -3.82. The third kappa shape index (κ3) is 4.21. The van der Waals surface area contributed by atoms with E-state index in [1.54, 1.807) is 6.92 Å². The Kier molecular flexibility index (Phi) is 5.55. The summed E-state index contributed by atoms with van der Waals surface area (Å²) in [6, 6.07) is 3.07. The Morgan fingerprint density at radius 1 is 1.14 bits per heavy atom. The molecule has 1 amide bonds. The highest BCUT2D eigenvalue weighted by atomic mass is 32.2. The molecule has 152 valence electrons. The number of benzene rings is 1. The van der Waals surface area contributed by atoms with Crippen molar-refractivity contribution >= 4 is 44.2 Å². The quantitative estimate of drug-likeness (QED) is 0.554. The molecule has 0 aliphatic rings. The fourth-order valence-electron chi connectivity index (χ4n) is 2.58. The molecule has 3 aromatic rings. The Morgan fingerprint density at radius 2 is 1.90 bits per heavy atom. The number of nitrogens with one attached hydrogen (secondary N) is 2. The van der Waals surface area contributed by atoms with E-state index in [-0.39, 0.29) is 28.2 Å². The molecule has 2 aromatic heterocycles. The average molecular weight is 422 g/mol. The van der Waals surface area contributed by atoms with E-state index in [9.17, 15) is 22.0 Å². The summed E-state index contributed by atoms with van der Waals surface area (Å²) in [5.74, 6) is -3.43. The van der Waals surface area contributed by atoms with Gasteiger partial charge in [0.25, 0.3) is 5.91 Å². The largest absolute Gasteiger partial charge is 0.382 e. The molecule has 3 rings (SSSR count). The number of aromatic nitrogens is 3. The molecule has 9 nitrogen and oxygen atoms in total. The van der Waals surface area contributed by atoms with Crippen LogP contribution in [0.1, 0.15) is 23.7 Å². The van der Waals surface area contributed by atoms with E-state index >= 15 is 0 Å². The van der Waals surface area contributed by atoms with Gasteiger partial charge in [-0.25, -0.2) is 27.2 Å². The van der Waals surface area contributed by atoms with Crippen LogP contribution in [0.15, 0.2) is 30.7 Å². The van der Waals surface area contributed by atoms with Gasteiger partial charge in [-0.2, -0.15) is 0 Å². The molecule has 1 aromatic carbocycles. The van der Waals surface area contributed by atoms with Crippen LogP contribution in [0.2, 0.25) is 0 Å². The monoisotopic (exact) mass is 422 g/mol. The summed E-state index contributed by atoms with van der Waals surface area (Å²) in [7, 11) is -3.82. The summed E-state index contributed by atoms with van der Waals surface area (Å²) in [5.41, 5.74) is 4.62. The Morgan fingerprint density at radius 3 is 2.62 bits per heavy atom. The van der Waals surface area contributed by atoms with Crippen LogP contribution in [0, 0.1) is 11.6 Å². The van der Waals surface area contributed by atoms with E-state index in [1.165, 1.54) is 12.3 Å². The minimum absolute atomic E-state index is 0.0364. The minimum Gasteiger partial charge on any atom is -0.382 e. The highest BCUT2D eigenvalue weighted by molar-refractivity contribution is 7.92. The lowest BCUT2D eigenvalue weighted by atomic mass is 10.2. The van der Waals surface area contributed by atoms with Gasteiger partial charge in [0.15, 0.2) is 11.6 Å². The number of hydrogen-bond donors (Lipinski definition) is 3. The lowest BCUT2D eigenvalue weighted by Gasteiger charge is -2.13. The number of anilines is 3. The fraction of sp³-hybridized carbons (Fsp3) is 0.176. The smallest absolute Gasteiger partial charge is 0.258 e. The Labute approximate surface area is 164 Å². The average Bonchev–Trinajstić information content (AvgIpc) is 2.67. The van der Waals surface area contributed by atoms with Crippen molar-refractivity contribution in [3.05, 3.63) is 47.9 Å². The second-order valence-electron chi connectivity index (χ2n) is 5.97. The van der Waals surface area contributed by atoms with Crippen LogP contribution in [0.3, 0.4) is 0 Å². The second kappa shape index (κ2) is 7.91. The molecule has 12 heteroatoms. The van der Waals surface area contributed by atoms with E-state index in [4.69, 9.17) is 5.73 Å². The molecular formula is C17H16F2N6O3S. The summed E-state index contributed by atoms with van der Waals surface area (Å²) in [6.45, 7) is 1.64. The zero-order valence-electron chi connectivity index (χ0n) is 15.1. The molecule has 4 N–H and O–H groups in total. The zero-order chi connectivity index (χ0) is 21.2. The van der Waals surface area contributed by atoms with Gasteiger partial charge in [0.1, 0.15) is 28.9 Å². The van der Waals surface area contributed by atoms with Crippen molar-refractivity contribution in [1.82, 2.24) is 15.0 Å². The van der Waals surface area contributed by atoms with E-state index in [2.05, 4.69) is 20.3 Å². The third-order valence-electron chi connectivity index (χ3n) is 3.86. The van der Waals surface area contributed by atoms with Crippen molar-refractivity contribution in [2.45, 2.75) is 13.3 Å². The van der Waals surface area contributed by atoms with Gasteiger partial charge in [-0.1, -0.05) is 6.92 Å². The van der Waals surface area contributed by atoms with E-state index in [0.717, 1.165) is 18.5 Å². The molecule has 2 heterocycles. The van der Waals surface area contributed by atoms with Crippen LogP contribution >= 0.6 is 0 Å². The number of nitrogens with zero attached hydrogens (tertiary/aromatic N) is 3.